The zero-order chi connectivity index (χ0) is 19.4. The van der Waals surface area contributed by atoms with Gasteiger partial charge in [0.05, 0.1) is 0 Å². The smallest absolute Gasteiger partial charge is 0.448 e. The summed E-state index contributed by atoms with van der Waals surface area (Å²) < 4.78 is 61.9. The maximum absolute atomic E-state index is 12.0. The Morgan fingerprint density at radius 2 is 1.57 bits per heavy atom. The molecule has 0 atom stereocenters. The highest BCUT2D eigenvalue weighted by Crippen LogP contribution is 2.26. The van der Waals surface area contributed by atoms with Crippen molar-refractivity contribution in [3.63, 3.8) is 0 Å². The molecule has 0 aliphatic carbocycles. The van der Waals surface area contributed by atoms with E-state index in [4.69, 9.17) is 4.11 Å². The van der Waals surface area contributed by atoms with Crippen molar-refractivity contribution in [2.45, 2.75) is 16.0 Å². The number of hydrogen-bond acceptors (Lipinski definition) is 4. The number of hydrogen-bond donors (Lipinski definition) is 0. The molecule has 0 aliphatic heterocycles. The van der Waals surface area contributed by atoms with Crippen LogP contribution in [0.2, 0.25) is 0 Å². The van der Waals surface area contributed by atoms with Crippen LogP contribution in [-0.4, -0.2) is 24.3 Å². The molecule has 7 heteroatoms. The molecule has 122 valence electrons. The largest absolute Gasteiger partial charge is 0.490 e. The van der Waals surface area contributed by atoms with Crippen molar-refractivity contribution in [3.05, 3.63) is 48.5 Å². The van der Waals surface area contributed by atoms with Crippen molar-refractivity contribution in [2.24, 2.45) is 0 Å². The molecule has 23 heavy (non-hydrogen) atoms. The third kappa shape index (κ3) is 5.21. The fourth-order valence-corrected chi connectivity index (χ4v) is 2.59. The van der Waals surface area contributed by atoms with Gasteiger partial charge in [0.2, 0.25) is 0 Å². The lowest BCUT2D eigenvalue weighted by atomic mass is 10.1. The van der Waals surface area contributed by atoms with Crippen LogP contribution in [0.1, 0.15) is 4.11 Å². The molecule has 0 unspecified atom stereocenters. The van der Waals surface area contributed by atoms with Crippen LogP contribution in [-0.2, 0) is 9.53 Å². The second kappa shape index (κ2) is 7.79. The lowest BCUT2D eigenvalue weighted by molar-refractivity contribution is -0.197. The first-order valence-corrected chi connectivity index (χ1v) is 8.11. The summed E-state index contributed by atoms with van der Waals surface area (Å²) in [7, 11) is 0. The highest BCUT2D eigenvalue weighted by atomic mass is 32.2. The standard InChI is InChI=1S/C16H13F3O2S2/c1-22-13-6-2-11(3-7-13)12-4-8-14(9-5-12)23-10-21-15(20)16(17,18)19/h2-9H,10H2,1H3/i1D3. The van der Waals surface area contributed by atoms with Crippen LogP contribution in [0.5, 0.6) is 0 Å². The van der Waals surface area contributed by atoms with Crippen LogP contribution < -0.4 is 0 Å². The van der Waals surface area contributed by atoms with Crippen molar-refractivity contribution in [1.82, 2.24) is 0 Å². The average Bonchev–Trinajstić information content (AvgIpc) is 2.54. The summed E-state index contributed by atoms with van der Waals surface area (Å²) in [6.07, 6.45) is -7.09. The molecule has 2 aromatic carbocycles. The van der Waals surface area contributed by atoms with Gasteiger partial charge >= 0.3 is 12.1 Å². The number of carbonyl (C=O) groups is 1. The summed E-state index contributed by atoms with van der Waals surface area (Å²) in [4.78, 5) is 11.9. The van der Waals surface area contributed by atoms with Gasteiger partial charge in [-0.1, -0.05) is 36.0 Å². The first-order chi connectivity index (χ1) is 12.0. The molecule has 0 bridgehead atoms. The molecule has 0 radical (unpaired) electrons. The number of benzene rings is 2. The maximum atomic E-state index is 12.0. The van der Waals surface area contributed by atoms with Crippen LogP contribution in [0, 0.1) is 0 Å². The Morgan fingerprint density at radius 3 is 2.04 bits per heavy atom. The molecular formula is C16H13F3O2S2. The predicted molar refractivity (Wildman–Crippen MR) is 86.5 cm³/mol. The zero-order valence-corrected chi connectivity index (χ0v) is 13.2. The lowest BCUT2D eigenvalue weighted by Gasteiger charge is -2.08. The third-order valence-electron chi connectivity index (χ3n) is 2.81. The zero-order valence-electron chi connectivity index (χ0n) is 14.6. The molecule has 2 aromatic rings. The Kier molecular flexibility index (Phi) is 4.67. The Bertz CT molecular complexity index is 745. The van der Waals surface area contributed by atoms with E-state index in [1.54, 1.807) is 48.5 Å². The average molecular weight is 361 g/mol. The van der Waals surface area contributed by atoms with Gasteiger partial charge in [-0.15, -0.1) is 11.8 Å². The summed E-state index contributed by atoms with van der Waals surface area (Å²) >= 11 is 1.76. The Morgan fingerprint density at radius 1 is 1.04 bits per heavy atom. The maximum Gasteiger partial charge on any atom is 0.490 e. The normalized spacial score (nSPS) is 13.8. The summed E-state index contributed by atoms with van der Waals surface area (Å²) in [5.41, 5.74) is 1.74. The number of rotatable bonds is 5. The SMILES string of the molecule is [2H]C([2H])([2H])Sc1ccc(-c2ccc(SCOC(=O)C(F)(F)F)cc2)cc1. The fraction of sp³-hybridized carbons (Fsp3) is 0.188. The molecule has 0 fully saturated rings. The van der Waals surface area contributed by atoms with E-state index in [1.807, 2.05) is 0 Å². The minimum atomic E-state index is -4.99. The molecule has 2 rings (SSSR count). The van der Waals surface area contributed by atoms with Crippen molar-refractivity contribution in [2.75, 3.05) is 12.1 Å². The molecule has 2 nitrogen and oxygen atoms in total. The van der Waals surface area contributed by atoms with E-state index in [1.165, 1.54) is 0 Å². The number of esters is 1. The molecule has 0 aliphatic rings. The van der Waals surface area contributed by atoms with Gasteiger partial charge in [-0.25, -0.2) is 4.79 Å². The Labute approximate surface area is 144 Å². The van der Waals surface area contributed by atoms with E-state index >= 15 is 0 Å². The van der Waals surface area contributed by atoms with E-state index in [2.05, 4.69) is 4.74 Å². The third-order valence-corrected chi connectivity index (χ3v) is 4.16. The highest BCUT2D eigenvalue weighted by Gasteiger charge is 2.40. The fourth-order valence-electron chi connectivity index (χ4n) is 1.69. The van der Waals surface area contributed by atoms with E-state index in [9.17, 15) is 18.0 Å². The first-order valence-electron chi connectivity index (χ1n) is 7.81. The number of ether oxygens (including phenoxy) is 1. The van der Waals surface area contributed by atoms with Gasteiger partial charge in [0.25, 0.3) is 0 Å². The van der Waals surface area contributed by atoms with Crippen LogP contribution in [0.4, 0.5) is 13.2 Å². The Hall–Kier alpha value is -1.60. The molecule has 0 N–H and O–H groups in total. The first kappa shape index (κ1) is 13.8. The number of halogens is 3. The van der Waals surface area contributed by atoms with Gasteiger partial charge in [0, 0.05) is 13.9 Å². The molecule has 0 saturated carbocycles. The summed E-state index contributed by atoms with van der Waals surface area (Å²) in [6, 6.07) is 14.0. The predicted octanol–water partition coefficient (Wildman–Crippen LogP) is 5.23. The van der Waals surface area contributed by atoms with E-state index < -0.39 is 24.3 Å². The summed E-state index contributed by atoms with van der Waals surface area (Å²) in [6.45, 7) is 0. The van der Waals surface area contributed by atoms with Crippen molar-refractivity contribution >= 4 is 29.5 Å². The highest BCUT2D eigenvalue weighted by molar-refractivity contribution is 7.99. The van der Waals surface area contributed by atoms with Gasteiger partial charge in [-0.2, -0.15) is 13.2 Å². The molecule has 0 heterocycles. The molecule has 0 amide bonds. The number of alkyl halides is 3. The minimum absolute atomic E-state index is 0.432. The molecule has 0 spiro atoms. The van der Waals surface area contributed by atoms with E-state index in [0.29, 0.717) is 9.79 Å². The monoisotopic (exact) mass is 361 g/mol. The molecular weight excluding hydrogens is 345 g/mol. The van der Waals surface area contributed by atoms with Crippen LogP contribution >= 0.6 is 23.5 Å². The second-order valence-corrected chi connectivity index (χ2v) is 6.01. The quantitative estimate of drug-likeness (QED) is 0.414. The Balaban J connectivity index is 1.94. The summed E-state index contributed by atoms with van der Waals surface area (Å²) in [5, 5.41) is 0. The summed E-state index contributed by atoms with van der Waals surface area (Å²) in [5.74, 6) is -2.64. The van der Waals surface area contributed by atoms with Crippen molar-refractivity contribution in [1.29, 1.82) is 0 Å². The van der Waals surface area contributed by atoms with Gasteiger partial charge < -0.3 is 4.74 Å². The van der Waals surface area contributed by atoms with Crippen molar-refractivity contribution in [3.8, 4) is 11.1 Å². The van der Waals surface area contributed by atoms with Crippen LogP contribution in [0.3, 0.4) is 0 Å². The van der Waals surface area contributed by atoms with Crippen LogP contribution in [0.25, 0.3) is 11.1 Å². The number of carbonyl (C=O) groups excluding carboxylic acids is 1. The number of thioether (sulfide) groups is 2. The van der Waals surface area contributed by atoms with E-state index in [0.717, 1.165) is 34.7 Å². The lowest BCUT2D eigenvalue weighted by Crippen LogP contribution is -2.25. The van der Waals surface area contributed by atoms with Gasteiger partial charge in [0.1, 0.15) is 5.94 Å². The van der Waals surface area contributed by atoms with Gasteiger partial charge in [-0.3, -0.25) is 0 Å². The molecule has 0 aromatic heterocycles. The van der Waals surface area contributed by atoms with E-state index in [-0.39, 0.29) is 0 Å². The minimum Gasteiger partial charge on any atom is -0.448 e. The van der Waals surface area contributed by atoms with Crippen molar-refractivity contribution < 1.29 is 26.8 Å². The van der Waals surface area contributed by atoms with Gasteiger partial charge in [0.15, 0.2) is 0 Å². The topological polar surface area (TPSA) is 26.3 Å². The molecule has 0 saturated heterocycles. The van der Waals surface area contributed by atoms with Crippen LogP contribution in [0.15, 0.2) is 58.3 Å². The second-order valence-electron chi connectivity index (χ2n) is 4.34. The van der Waals surface area contributed by atoms with Gasteiger partial charge in [-0.05, 0) is 41.6 Å².